The molecular formula is C61H83N11O15. The molecule has 2 saturated heterocycles. The first-order valence-electron chi connectivity index (χ1n) is 29.3. The minimum atomic E-state index is -1.88. The van der Waals surface area contributed by atoms with Crippen molar-refractivity contribution in [2.24, 2.45) is 17.6 Å². The third-order valence-electron chi connectivity index (χ3n) is 15.1. The number of carboxylic acid groups (broad SMARTS) is 2. The number of hydrogen-bond acceptors (Lipinski definition) is 14. The SMILES string of the molecule is CC(C)[C@H](NC(=O)[C@H](CC(=O)O)NC(=O)[C@@H](NC(=O)[C@@H]1CCCCN1C(=O)[C@@H](NC(=O)[C@@H](N)Cc1ccccc1)C(C)C)[C@@H](C)O)C(=O)NCC(=O)N1CCC[C@H]1C(=O)N[C@@H](Cc1ccccc1)C(=O)N[C@@H](C)C(=O)N[C@@H](Cc1ccccc1)C(=O)O. The van der Waals surface area contributed by atoms with E-state index in [9.17, 15) is 72.9 Å². The number of carbonyl (C=O) groups is 12. The zero-order valence-corrected chi connectivity index (χ0v) is 49.9. The van der Waals surface area contributed by atoms with Crippen LogP contribution in [0.5, 0.6) is 0 Å². The van der Waals surface area contributed by atoms with Crippen molar-refractivity contribution in [2.75, 3.05) is 19.6 Å². The Balaban J connectivity index is 1.19. The predicted octanol–water partition coefficient (Wildman–Crippen LogP) is -0.804. The highest BCUT2D eigenvalue weighted by Crippen LogP contribution is 2.22. The van der Waals surface area contributed by atoms with Crippen LogP contribution in [0.25, 0.3) is 0 Å². The highest BCUT2D eigenvalue weighted by atomic mass is 16.4. The van der Waals surface area contributed by atoms with Crippen molar-refractivity contribution < 1.29 is 72.9 Å². The summed E-state index contributed by atoms with van der Waals surface area (Å²) in [6.07, 6.45) is -0.800. The summed E-state index contributed by atoms with van der Waals surface area (Å²) in [5, 5.41) is 50.6. The standard InChI is InChI=1S/C61H83N11O15/c1-34(2)49(58(83)63-33-47(74)71-28-18-26-45(71)56(81)65-42(30-39-21-12-8-13-22-39)54(79)64-36(5)52(77)67-44(61(86)87)31-40-23-14-9-15-24-40)68-55(80)43(32-48(75)76)66-59(84)51(37(6)73)70-57(82)46-25-16-17-27-72(46)60(85)50(35(3)4)69-53(78)41(62)29-38-19-10-7-11-20-38/h7-15,19-24,34-37,41-46,49-51,73H,16-18,25-33,62H2,1-6H3,(H,63,83)(H,64,79)(H,65,81)(H,66,84)(H,67,77)(H,68,80)(H,69,78)(H,70,82)(H,75,76)(H,86,87)/t36-,37+,41-,42-,43-,44-,45-,46-,49-,50-,51-/m0/s1. The van der Waals surface area contributed by atoms with Crippen LogP contribution in [0.2, 0.25) is 0 Å². The summed E-state index contributed by atoms with van der Waals surface area (Å²) >= 11 is 0. The lowest BCUT2D eigenvalue weighted by Gasteiger charge is -2.38. The number of likely N-dealkylation sites (tertiary alicyclic amines) is 2. The molecule has 2 fully saturated rings. The van der Waals surface area contributed by atoms with Crippen molar-refractivity contribution in [1.82, 2.24) is 52.3 Å². The Labute approximate surface area is 505 Å². The first-order chi connectivity index (χ1) is 41.2. The van der Waals surface area contributed by atoms with Gasteiger partial charge in [-0.25, -0.2) is 4.79 Å². The molecule has 0 unspecified atom stereocenters. The average molecular weight is 1210 g/mol. The number of nitrogens with zero attached hydrogens (tertiary/aromatic N) is 2. The van der Waals surface area contributed by atoms with Gasteiger partial charge in [-0.1, -0.05) is 119 Å². The molecule has 10 amide bonds. The second kappa shape index (κ2) is 33.2. The van der Waals surface area contributed by atoms with Crippen molar-refractivity contribution in [1.29, 1.82) is 0 Å². The van der Waals surface area contributed by atoms with Gasteiger partial charge in [-0.05, 0) is 80.9 Å². The van der Waals surface area contributed by atoms with E-state index in [1.54, 1.807) is 88.4 Å². The molecular weight excluding hydrogens is 1130 g/mol. The summed E-state index contributed by atoms with van der Waals surface area (Å²) in [4.78, 5) is 165. The van der Waals surface area contributed by atoms with Gasteiger partial charge in [0.25, 0.3) is 0 Å². The van der Waals surface area contributed by atoms with E-state index in [-0.39, 0.29) is 45.2 Å². The molecule has 0 aromatic heterocycles. The van der Waals surface area contributed by atoms with E-state index in [1.807, 2.05) is 30.3 Å². The number of amides is 10. The van der Waals surface area contributed by atoms with Crippen LogP contribution in [0.4, 0.5) is 0 Å². The van der Waals surface area contributed by atoms with E-state index in [2.05, 4.69) is 42.5 Å². The molecule has 11 atom stereocenters. The van der Waals surface area contributed by atoms with Crippen LogP contribution in [0.1, 0.15) is 96.8 Å². The molecule has 0 bridgehead atoms. The third kappa shape index (κ3) is 20.7. The second-order valence-electron chi connectivity index (χ2n) is 22.7. The van der Waals surface area contributed by atoms with Gasteiger partial charge in [0.1, 0.15) is 54.4 Å². The van der Waals surface area contributed by atoms with E-state index >= 15 is 0 Å². The van der Waals surface area contributed by atoms with Crippen LogP contribution in [0.3, 0.4) is 0 Å². The molecule has 2 aliphatic heterocycles. The number of aliphatic carboxylic acids is 2. The highest BCUT2D eigenvalue weighted by Gasteiger charge is 2.42. The van der Waals surface area contributed by atoms with Crippen LogP contribution < -0.4 is 48.3 Å². The maximum Gasteiger partial charge on any atom is 0.326 e. The fourth-order valence-electron chi connectivity index (χ4n) is 10.2. The molecule has 0 aliphatic carbocycles. The molecule has 5 rings (SSSR count). The summed E-state index contributed by atoms with van der Waals surface area (Å²) in [5.74, 6) is -12.2. The topological polar surface area (TPSA) is 394 Å². The van der Waals surface area contributed by atoms with E-state index in [1.165, 1.54) is 23.6 Å². The Morgan fingerprint density at radius 3 is 1.52 bits per heavy atom. The molecule has 0 saturated carbocycles. The van der Waals surface area contributed by atoms with Crippen LogP contribution in [0.15, 0.2) is 91.0 Å². The molecule has 26 heteroatoms. The number of carbonyl (C=O) groups excluding carboxylic acids is 10. The summed E-state index contributed by atoms with van der Waals surface area (Å²) in [6.45, 7) is 8.59. The van der Waals surface area contributed by atoms with E-state index in [0.717, 1.165) is 5.56 Å². The van der Waals surface area contributed by atoms with Crippen LogP contribution >= 0.6 is 0 Å². The number of nitrogens with one attached hydrogen (secondary N) is 8. The molecule has 13 N–H and O–H groups in total. The largest absolute Gasteiger partial charge is 0.481 e. The lowest BCUT2D eigenvalue weighted by atomic mass is 9.96. The lowest BCUT2D eigenvalue weighted by molar-refractivity contribution is -0.147. The van der Waals surface area contributed by atoms with Crippen molar-refractivity contribution in [3.63, 3.8) is 0 Å². The van der Waals surface area contributed by atoms with Gasteiger partial charge in [-0.15, -0.1) is 0 Å². The van der Waals surface area contributed by atoms with Gasteiger partial charge in [-0.2, -0.15) is 0 Å². The van der Waals surface area contributed by atoms with Gasteiger partial charge < -0.3 is 73.4 Å². The quantitative estimate of drug-likeness (QED) is 0.0389. The Morgan fingerprint density at radius 1 is 0.494 bits per heavy atom. The summed E-state index contributed by atoms with van der Waals surface area (Å²) in [7, 11) is 0. The number of carboxylic acids is 2. The maximum atomic E-state index is 14.2. The highest BCUT2D eigenvalue weighted by molar-refractivity contribution is 5.99. The predicted molar refractivity (Wildman–Crippen MR) is 316 cm³/mol. The molecule has 0 radical (unpaired) electrons. The van der Waals surface area contributed by atoms with Gasteiger partial charge in [0.15, 0.2) is 0 Å². The molecule has 87 heavy (non-hydrogen) atoms. The maximum absolute atomic E-state index is 14.2. The number of hydrogen-bond donors (Lipinski definition) is 12. The fraction of sp³-hybridized carbons (Fsp3) is 0.508. The average Bonchev–Trinajstić information content (AvgIpc) is 2.99. The van der Waals surface area contributed by atoms with Crippen LogP contribution in [-0.2, 0) is 76.8 Å². The summed E-state index contributed by atoms with van der Waals surface area (Å²) in [5.41, 5.74) is 8.34. The van der Waals surface area contributed by atoms with Gasteiger partial charge >= 0.3 is 11.9 Å². The zero-order chi connectivity index (χ0) is 64.1. The number of aliphatic hydroxyl groups is 1. The second-order valence-corrected chi connectivity index (χ2v) is 22.7. The van der Waals surface area contributed by atoms with Crippen LogP contribution in [-0.4, -0.2) is 182 Å². The van der Waals surface area contributed by atoms with E-state index in [0.29, 0.717) is 30.4 Å². The Morgan fingerprint density at radius 2 is 0.977 bits per heavy atom. The van der Waals surface area contributed by atoms with Gasteiger partial charge in [0.05, 0.1) is 25.1 Å². The Hall–Kier alpha value is -8.78. The molecule has 0 spiro atoms. The number of nitrogens with two attached hydrogens (primary N) is 1. The monoisotopic (exact) mass is 1210 g/mol. The summed E-state index contributed by atoms with van der Waals surface area (Å²) in [6, 6.07) is 13.1. The Kier molecular flexibility index (Phi) is 26.3. The molecule has 3 aromatic carbocycles. The first-order valence-corrected chi connectivity index (χ1v) is 29.3. The van der Waals surface area contributed by atoms with Crippen molar-refractivity contribution in [3.8, 4) is 0 Å². The number of piperidine rings is 1. The molecule has 2 heterocycles. The minimum Gasteiger partial charge on any atom is -0.481 e. The van der Waals surface area contributed by atoms with Gasteiger partial charge in [0.2, 0.25) is 59.1 Å². The smallest absolute Gasteiger partial charge is 0.326 e. The normalized spacial score (nSPS) is 18.0. The zero-order valence-electron chi connectivity index (χ0n) is 49.9. The van der Waals surface area contributed by atoms with E-state index in [4.69, 9.17) is 5.73 Å². The van der Waals surface area contributed by atoms with Crippen molar-refractivity contribution in [3.05, 3.63) is 108 Å². The summed E-state index contributed by atoms with van der Waals surface area (Å²) < 4.78 is 0. The first kappa shape index (κ1) is 69.0. The third-order valence-corrected chi connectivity index (χ3v) is 15.1. The molecule has 472 valence electrons. The van der Waals surface area contributed by atoms with E-state index < -0.39 is 162 Å². The number of benzene rings is 3. The molecule has 2 aliphatic rings. The minimum absolute atomic E-state index is 0.0220. The lowest BCUT2D eigenvalue weighted by Crippen LogP contribution is -2.63. The van der Waals surface area contributed by atoms with Crippen LogP contribution in [0, 0.1) is 11.8 Å². The number of rotatable bonds is 30. The van der Waals surface area contributed by atoms with Crippen molar-refractivity contribution >= 4 is 71.0 Å². The molecule has 3 aromatic rings. The number of aliphatic hydroxyl groups excluding tert-OH is 1. The fourth-order valence-corrected chi connectivity index (χ4v) is 10.2. The van der Waals surface area contributed by atoms with Gasteiger partial charge in [-0.3, -0.25) is 52.7 Å². The molecule has 26 nitrogen and oxygen atoms in total. The Bertz CT molecular complexity index is 2900. The van der Waals surface area contributed by atoms with Gasteiger partial charge in [0, 0.05) is 25.9 Å². The van der Waals surface area contributed by atoms with Crippen molar-refractivity contribution in [2.45, 2.75) is 166 Å².